The molecular weight excluding hydrogens is 394 g/mol. The number of aryl methyl sites for hydroxylation is 1. The van der Waals surface area contributed by atoms with Crippen LogP contribution in [0.25, 0.3) is 11.3 Å². The number of amides is 1. The largest absolute Gasteiger partial charge is 0.309 e. The lowest BCUT2D eigenvalue weighted by atomic mass is 10.1. The maximum absolute atomic E-state index is 13.2. The number of nitrogens with zero attached hydrogens (tertiary/aromatic N) is 4. The number of hydrogen-bond donors (Lipinski definition) is 2. The molecule has 0 saturated carbocycles. The Labute approximate surface area is 180 Å². The van der Waals surface area contributed by atoms with Crippen molar-refractivity contribution in [3.05, 3.63) is 90.3 Å². The molecule has 0 aliphatic carbocycles. The molecule has 4 aromatic rings. The number of carbonyl (C=O) groups is 1. The molecule has 7 heteroatoms. The van der Waals surface area contributed by atoms with Gasteiger partial charge in [-0.3, -0.25) is 4.79 Å². The van der Waals surface area contributed by atoms with Crippen LogP contribution >= 0.6 is 12.6 Å². The van der Waals surface area contributed by atoms with Crippen LogP contribution in [0.1, 0.15) is 17.2 Å². The fraction of sp³-hybridized carbons (Fsp3) is 0.130. The molecule has 0 saturated heterocycles. The van der Waals surface area contributed by atoms with Gasteiger partial charge in [-0.2, -0.15) is 0 Å². The van der Waals surface area contributed by atoms with Crippen molar-refractivity contribution in [2.75, 3.05) is 5.32 Å². The lowest BCUT2D eigenvalue weighted by Crippen LogP contribution is -2.28. The number of anilines is 1. The number of nitrogens with one attached hydrogen (secondary N) is 1. The Kier molecular flexibility index (Phi) is 5.90. The maximum Gasteiger partial charge on any atom is 0.250 e. The van der Waals surface area contributed by atoms with Crippen molar-refractivity contribution in [1.82, 2.24) is 20.0 Å². The molecule has 2 aromatic carbocycles. The van der Waals surface area contributed by atoms with Gasteiger partial charge in [-0.1, -0.05) is 47.7 Å². The van der Waals surface area contributed by atoms with Crippen LogP contribution in [0.2, 0.25) is 0 Å². The Hall–Kier alpha value is -3.45. The van der Waals surface area contributed by atoms with Crippen LogP contribution in [0.3, 0.4) is 0 Å². The van der Waals surface area contributed by atoms with Crippen LogP contribution in [0.15, 0.2) is 84.0 Å². The van der Waals surface area contributed by atoms with E-state index in [0.717, 1.165) is 21.6 Å². The average molecular weight is 416 g/mol. The highest BCUT2D eigenvalue weighted by Crippen LogP contribution is 2.22. The molecule has 2 aromatic heterocycles. The quantitative estimate of drug-likeness (QED) is 0.459. The van der Waals surface area contributed by atoms with Gasteiger partial charge in [-0.05, 0) is 42.3 Å². The van der Waals surface area contributed by atoms with E-state index in [0.29, 0.717) is 17.9 Å². The molecule has 0 aliphatic rings. The molecule has 0 spiro atoms. The van der Waals surface area contributed by atoms with Crippen molar-refractivity contribution in [2.24, 2.45) is 0 Å². The van der Waals surface area contributed by atoms with Gasteiger partial charge in [-0.25, -0.2) is 9.67 Å². The number of aromatic nitrogens is 4. The normalized spacial score (nSPS) is 11.8. The predicted molar refractivity (Wildman–Crippen MR) is 119 cm³/mol. The Bertz CT molecular complexity index is 1140. The van der Waals surface area contributed by atoms with Crippen molar-refractivity contribution in [1.29, 1.82) is 0 Å². The monoisotopic (exact) mass is 415 g/mol. The van der Waals surface area contributed by atoms with Gasteiger partial charge in [0.05, 0.1) is 6.20 Å². The third-order valence-electron chi connectivity index (χ3n) is 4.73. The van der Waals surface area contributed by atoms with Crippen molar-refractivity contribution < 1.29 is 4.79 Å². The zero-order valence-electron chi connectivity index (χ0n) is 16.4. The Balaban J connectivity index is 1.63. The van der Waals surface area contributed by atoms with Crippen molar-refractivity contribution in [3.8, 4) is 11.3 Å². The third-order valence-corrected chi connectivity index (χ3v) is 5.03. The number of pyridine rings is 1. The van der Waals surface area contributed by atoms with Gasteiger partial charge >= 0.3 is 0 Å². The second kappa shape index (κ2) is 8.92. The number of rotatable bonds is 6. The zero-order chi connectivity index (χ0) is 20.9. The molecule has 2 heterocycles. The summed E-state index contributed by atoms with van der Waals surface area (Å²) < 4.78 is 1.61. The van der Waals surface area contributed by atoms with Gasteiger partial charge in [0.1, 0.15) is 17.6 Å². The molecule has 0 radical (unpaired) electrons. The van der Waals surface area contributed by atoms with E-state index in [1.54, 1.807) is 17.1 Å². The van der Waals surface area contributed by atoms with Crippen molar-refractivity contribution >= 4 is 24.4 Å². The minimum atomic E-state index is -0.569. The third kappa shape index (κ3) is 4.75. The van der Waals surface area contributed by atoms with Gasteiger partial charge < -0.3 is 5.32 Å². The van der Waals surface area contributed by atoms with E-state index in [9.17, 15) is 4.79 Å². The summed E-state index contributed by atoms with van der Waals surface area (Å²) in [4.78, 5) is 18.3. The molecule has 1 amide bonds. The SMILES string of the molecule is Cc1ccnc(NC(=O)[C@H](Cc2ccccc2)n2cc(-c3ccc(S)cc3)nn2)c1. The topological polar surface area (TPSA) is 72.7 Å². The number of thiol groups is 1. The number of hydrogen-bond acceptors (Lipinski definition) is 5. The maximum atomic E-state index is 13.2. The molecule has 0 unspecified atom stereocenters. The lowest BCUT2D eigenvalue weighted by molar-refractivity contribution is -0.119. The number of carbonyl (C=O) groups excluding carboxylic acids is 1. The smallest absolute Gasteiger partial charge is 0.250 e. The van der Waals surface area contributed by atoms with E-state index >= 15 is 0 Å². The average Bonchev–Trinajstić information content (AvgIpc) is 3.23. The first-order valence-electron chi connectivity index (χ1n) is 9.57. The van der Waals surface area contributed by atoms with Crippen molar-refractivity contribution in [2.45, 2.75) is 24.3 Å². The molecule has 1 N–H and O–H groups in total. The summed E-state index contributed by atoms with van der Waals surface area (Å²) in [5.74, 6) is 0.321. The molecular formula is C23H21N5OS. The summed E-state index contributed by atoms with van der Waals surface area (Å²) >= 11 is 4.32. The predicted octanol–water partition coefficient (Wildman–Crippen LogP) is 4.36. The molecule has 4 rings (SSSR count). The summed E-state index contributed by atoms with van der Waals surface area (Å²) in [6.07, 6.45) is 3.96. The minimum absolute atomic E-state index is 0.195. The first-order chi connectivity index (χ1) is 14.6. The highest BCUT2D eigenvalue weighted by Gasteiger charge is 2.23. The summed E-state index contributed by atoms with van der Waals surface area (Å²) in [5.41, 5.74) is 3.67. The second-order valence-electron chi connectivity index (χ2n) is 7.04. The molecule has 0 bridgehead atoms. The Morgan fingerprint density at radius 2 is 1.87 bits per heavy atom. The van der Waals surface area contributed by atoms with E-state index in [-0.39, 0.29) is 5.91 Å². The van der Waals surface area contributed by atoms with E-state index in [2.05, 4.69) is 33.2 Å². The molecule has 1 atom stereocenters. The van der Waals surface area contributed by atoms with Crippen LogP contribution in [0.4, 0.5) is 5.82 Å². The van der Waals surface area contributed by atoms with E-state index < -0.39 is 6.04 Å². The van der Waals surface area contributed by atoms with Crippen molar-refractivity contribution in [3.63, 3.8) is 0 Å². The van der Waals surface area contributed by atoms with Crippen LogP contribution in [0, 0.1) is 6.92 Å². The lowest BCUT2D eigenvalue weighted by Gasteiger charge is -2.17. The first kappa shape index (κ1) is 19.8. The number of benzene rings is 2. The molecule has 0 fully saturated rings. The van der Waals surface area contributed by atoms with E-state index in [4.69, 9.17) is 0 Å². The van der Waals surface area contributed by atoms with Gasteiger partial charge in [0.15, 0.2) is 0 Å². The standard InChI is InChI=1S/C23H21N5OS/c1-16-11-12-24-22(13-16)25-23(29)21(14-17-5-3-2-4-6-17)28-15-20(26-27-28)18-7-9-19(30)10-8-18/h2-13,15,21,30H,14H2,1H3,(H,24,25,29)/t21-/m0/s1. The molecule has 30 heavy (non-hydrogen) atoms. The van der Waals surface area contributed by atoms with Gasteiger partial charge in [0.25, 0.3) is 5.91 Å². The van der Waals surface area contributed by atoms with Gasteiger partial charge in [0, 0.05) is 23.1 Å². The summed E-state index contributed by atoms with van der Waals surface area (Å²) in [7, 11) is 0. The minimum Gasteiger partial charge on any atom is -0.309 e. The van der Waals surface area contributed by atoms with E-state index in [1.165, 1.54) is 0 Å². The van der Waals surface area contributed by atoms with Gasteiger partial charge in [-0.15, -0.1) is 17.7 Å². The highest BCUT2D eigenvalue weighted by molar-refractivity contribution is 7.80. The van der Waals surface area contributed by atoms with Crippen LogP contribution in [-0.4, -0.2) is 25.9 Å². The van der Waals surface area contributed by atoms with Crippen LogP contribution < -0.4 is 5.32 Å². The second-order valence-corrected chi connectivity index (χ2v) is 7.56. The molecule has 6 nitrogen and oxygen atoms in total. The van der Waals surface area contributed by atoms with Crippen LogP contribution in [0.5, 0.6) is 0 Å². The fourth-order valence-electron chi connectivity index (χ4n) is 3.15. The Morgan fingerprint density at radius 3 is 2.60 bits per heavy atom. The summed E-state index contributed by atoms with van der Waals surface area (Å²) in [6.45, 7) is 1.96. The molecule has 150 valence electrons. The summed E-state index contributed by atoms with van der Waals surface area (Å²) in [5, 5.41) is 11.4. The zero-order valence-corrected chi connectivity index (χ0v) is 17.3. The fourth-order valence-corrected chi connectivity index (χ4v) is 3.30. The Morgan fingerprint density at radius 1 is 1.10 bits per heavy atom. The van der Waals surface area contributed by atoms with Gasteiger partial charge in [0.2, 0.25) is 0 Å². The summed E-state index contributed by atoms with van der Waals surface area (Å²) in [6, 6.07) is 20.7. The first-order valence-corrected chi connectivity index (χ1v) is 10.0. The highest BCUT2D eigenvalue weighted by atomic mass is 32.1. The van der Waals surface area contributed by atoms with E-state index in [1.807, 2.05) is 73.7 Å². The molecule has 0 aliphatic heterocycles. The van der Waals surface area contributed by atoms with Crippen LogP contribution in [-0.2, 0) is 11.2 Å².